The number of nitrogens with one attached hydrogen (secondary N) is 2. The third kappa shape index (κ3) is 4.68. The van der Waals surface area contributed by atoms with Crippen LogP contribution >= 0.6 is 11.3 Å². The summed E-state index contributed by atoms with van der Waals surface area (Å²) in [5.41, 5.74) is 2.90. The van der Waals surface area contributed by atoms with E-state index in [-0.39, 0.29) is 10.5 Å². The van der Waals surface area contributed by atoms with E-state index in [1.165, 1.54) is 23.5 Å². The Labute approximate surface area is 183 Å². The minimum Gasteiger partial charge on any atom is -0.463 e. The minimum absolute atomic E-state index is 0.000157. The van der Waals surface area contributed by atoms with E-state index in [9.17, 15) is 13.2 Å². The van der Waals surface area contributed by atoms with Crippen molar-refractivity contribution in [2.75, 3.05) is 10.0 Å². The predicted molar refractivity (Wildman–Crippen MR) is 121 cm³/mol. The highest BCUT2D eigenvalue weighted by Crippen LogP contribution is 2.26. The van der Waals surface area contributed by atoms with Gasteiger partial charge in [0.1, 0.15) is 5.69 Å². The van der Waals surface area contributed by atoms with Gasteiger partial charge in [0.05, 0.1) is 11.2 Å². The van der Waals surface area contributed by atoms with Gasteiger partial charge in [-0.3, -0.25) is 14.8 Å². The molecule has 0 spiro atoms. The van der Waals surface area contributed by atoms with Gasteiger partial charge in [-0.15, -0.1) is 11.3 Å². The summed E-state index contributed by atoms with van der Waals surface area (Å²) in [6, 6.07) is 15.0. The second-order valence-corrected chi connectivity index (χ2v) is 9.46. The summed E-state index contributed by atoms with van der Waals surface area (Å²) in [7, 11) is -3.86. The molecular weight excluding hydrogens is 434 g/mol. The Bertz CT molecular complexity index is 1340. The number of thiazole rings is 1. The first kappa shape index (κ1) is 20.8. The van der Waals surface area contributed by atoms with Gasteiger partial charge in [-0.25, -0.2) is 13.4 Å². The van der Waals surface area contributed by atoms with Gasteiger partial charge in [0.25, 0.3) is 15.9 Å². The van der Waals surface area contributed by atoms with Crippen LogP contribution < -0.4 is 10.0 Å². The van der Waals surface area contributed by atoms with Crippen molar-refractivity contribution in [3.8, 4) is 11.5 Å². The van der Waals surface area contributed by atoms with E-state index in [2.05, 4.69) is 15.0 Å². The van der Waals surface area contributed by atoms with Crippen molar-refractivity contribution < 1.29 is 17.6 Å². The monoisotopic (exact) mass is 453 g/mol. The van der Waals surface area contributed by atoms with Gasteiger partial charge in [-0.05, 0) is 61.4 Å². The van der Waals surface area contributed by atoms with Crippen molar-refractivity contribution in [1.82, 2.24) is 4.98 Å². The predicted octanol–water partition coefficient (Wildman–Crippen LogP) is 5.07. The highest BCUT2D eigenvalue weighted by atomic mass is 32.2. The molecule has 4 aromatic rings. The summed E-state index contributed by atoms with van der Waals surface area (Å²) in [5, 5.41) is 4.89. The molecule has 0 saturated carbocycles. The van der Waals surface area contributed by atoms with Crippen molar-refractivity contribution in [1.29, 1.82) is 0 Å². The van der Waals surface area contributed by atoms with Gasteiger partial charge in [0.15, 0.2) is 10.9 Å². The van der Waals surface area contributed by atoms with Crippen molar-refractivity contribution in [3.63, 3.8) is 0 Å². The van der Waals surface area contributed by atoms with Crippen LogP contribution in [0.2, 0.25) is 0 Å². The van der Waals surface area contributed by atoms with Crippen molar-refractivity contribution in [2.24, 2.45) is 0 Å². The quantitative estimate of drug-likeness (QED) is 0.424. The molecule has 0 saturated heterocycles. The molecule has 31 heavy (non-hydrogen) atoms. The lowest BCUT2D eigenvalue weighted by atomic mass is 10.1. The van der Waals surface area contributed by atoms with Crippen LogP contribution in [0.4, 0.5) is 10.8 Å². The molecule has 4 rings (SSSR count). The minimum atomic E-state index is -3.86. The third-order valence-electron chi connectivity index (χ3n) is 4.53. The zero-order valence-electron chi connectivity index (χ0n) is 16.7. The lowest BCUT2D eigenvalue weighted by Gasteiger charge is -2.11. The second-order valence-electron chi connectivity index (χ2n) is 6.92. The largest absolute Gasteiger partial charge is 0.463 e. The molecular formula is C22H19N3O4S2. The number of benzene rings is 2. The highest BCUT2D eigenvalue weighted by Gasteiger charge is 2.19. The van der Waals surface area contributed by atoms with E-state index in [1.54, 1.807) is 55.0 Å². The fourth-order valence-corrected chi connectivity index (χ4v) is 4.74. The summed E-state index contributed by atoms with van der Waals surface area (Å²) in [5.74, 6) is 0.161. The molecule has 2 N–H and O–H groups in total. The number of anilines is 2. The maximum Gasteiger partial charge on any atom is 0.261 e. The summed E-state index contributed by atoms with van der Waals surface area (Å²) < 4.78 is 33.5. The Morgan fingerprint density at radius 3 is 2.65 bits per heavy atom. The molecule has 0 aliphatic heterocycles. The smallest absolute Gasteiger partial charge is 0.261 e. The number of hydrogen-bond donors (Lipinski definition) is 2. The average Bonchev–Trinajstić information content (AvgIpc) is 3.39. The molecule has 2 aromatic carbocycles. The number of furan rings is 1. The number of carbonyl (C=O) groups excluding carboxylic acids is 1. The zero-order chi connectivity index (χ0) is 22.0. The van der Waals surface area contributed by atoms with Crippen LogP contribution in [0.3, 0.4) is 0 Å². The van der Waals surface area contributed by atoms with Gasteiger partial charge in [-0.2, -0.15) is 0 Å². The molecule has 0 unspecified atom stereocenters. The molecule has 0 aliphatic carbocycles. The Hall–Kier alpha value is -3.43. The molecule has 7 nitrogen and oxygen atoms in total. The van der Waals surface area contributed by atoms with Crippen molar-refractivity contribution in [2.45, 2.75) is 18.7 Å². The van der Waals surface area contributed by atoms with Crippen LogP contribution in [-0.4, -0.2) is 19.3 Å². The van der Waals surface area contributed by atoms with E-state index in [1.807, 2.05) is 13.0 Å². The Morgan fingerprint density at radius 1 is 1.06 bits per heavy atom. The number of amides is 1. The summed E-state index contributed by atoms with van der Waals surface area (Å²) >= 11 is 1.26. The molecule has 2 heterocycles. The standard InChI is InChI=1S/C22H19N3O4S2/c1-14-5-3-6-16(11-14)25-31(27,28)17-9-8-15(2)18(12-17)21(26)24-22-23-19(13-30-22)20-7-4-10-29-20/h3-13,25H,1-2H3,(H,23,24,26). The maximum atomic E-state index is 12.8. The SMILES string of the molecule is Cc1cccc(NS(=O)(=O)c2ccc(C)c(C(=O)Nc3nc(-c4ccco4)cs3)c2)c1. The fraction of sp³-hybridized carbons (Fsp3) is 0.0909. The molecule has 0 fully saturated rings. The summed E-state index contributed by atoms with van der Waals surface area (Å²) in [4.78, 5) is 17.2. The highest BCUT2D eigenvalue weighted by molar-refractivity contribution is 7.92. The van der Waals surface area contributed by atoms with E-state index < -0.39 is 15.9 Å². The second kappa shape index (κ2) is 8.37. The third-order valence-corrected chi connectivity index (χ3v) is 6.67. The van der Waals surface area contributed by atoms with Crippen LogP contribution in [0.15, 0.2) is 75.6 Å². The number of hydrogen-bond acceptors (Lipinski definition) is 6. The fourth-order valence-electron chi connectivity index (χ4n) is 2.97. The normalized spacial score (nSPS) is 11.3. The van der Waals surface area contributed by atoms with Crippen molar-refractivity contribution >= 4 is 38.1 Å². The number of aryl methyl sites for hydroxylation is 2. The summed E-state index contributed by atoms with van der Waals surface area (Å²) in [6.07, 6.45) is 1.55. The van der Waals surface area contributed by atoms with Crippen LogP contribution in [0.1, 0.15) is 21.5 Å². The molecule has 158 valence electrons. The van der Waals surface area contributed by atoms with Crippen molar-refractivity contribution in [3.05, 3.63) is 82.9 Å². The van der Waals surface area contributed by atoms with Gasteiger partial charge in [0, 0.05) is 16.6 Å². The molecule has 0 atom stereocenters. The molecule has 9 heteroatoms. The lowest BCUT2D eigenvalue weighted by Crippen LogP contribution is -2.17. The lowest BCUT2D eigenvalue weighted by molar-refractivity contribution is 0.102. The van der Waals surface area contributed by atoms with E-state index in [0.717, 1.165) is 5.56 Å². The van der Waals surface area contributed by atoms with Gasteiger partial charge in [-0.1, -0.05) is 18.2 Å². The molecule has 0 radical (unpaired) electrons. The number of nitrogens with zero attached hydrogens (tertiary/aromatic N) is 1. The topological polar surface area (TPSA) is 101 Å². The van der Waals surface area contributed by atoms with Gasteiger partial charge < -0.3 is 4.42 Å². The van der Waals surface area contributed by atoms with E-state index in [4.69, 9.17) is 4.42 Å². The number of aromatic nitrogens is 1. The average molecular weight is 454 g/mol. The van der Waals surface area contributed by atoms with Crippen LogP contribution in [0, 0.1) is 13.8 Å². The van der Waals surface area contributed by atoms with E-state index in [0.29, 0.717) is 27.8 Å². The first-order chi connectivity index (χ1) is 14.8. The zero-order valence-corrected chi connectivity index (χ0v) is 18.4. The Morgan fingerprint density at radius 2 is 1.90 bits per heavy atom. The molecule has 1 amide bonds. The Kier molecular flexibility index (Phi) is 5.62. The molecule has 0 aliphatic rings. The molecule has 0 bridgehead atoms. The number of carbonyl (C=O) groups is 1. The van der Waals surface area contributed by atoms with Crippen LogP contribution in [0.5, 0.6) is 0 Å². The van der Waals surface area contributed by atoms with Crippen LogP contribution in [-0.2, 0) is 10.0 Å². The number of rotatable bonds is 6. The first-order valence-electron chi connectivity index (χ1n) is 9.33. The Balaban J connectivity index is 1.56. The van der Waals surface area contributed by atoms with Gasteiger partial charge in [0.2, 0.25) is 0 Å². The summed E-state index contributed by atoms with van der Waals surface area (Å²) in [6.45, 7) is 3.62. The van der Waals surface area contributed by atoms with Gasteiger partial charge >= 0.3 is 0 Å². The molecule has 2 aromatic heterocycles. The van der Waals surface area contributed by atoms with E-state index >= 15 is 0 Å². The van der Waals surface area contributed by atoms with Crippen LogP contribution in [0.25, 0.3) is 11.5 Å². The maximum absolute atomic E-state index is 12.8. The first-order valence-corrected chi connectivity index (χ1v) is 11.7. The number of sulfonamides is 1.